The molecule has 2 aromatic rings. The first-order chi connectivity index (χ1) is 11.8. The van der Waals surface area contributed by atoms with Crippen LogP contribution in [0.3, 0.4) is 0 Å². The lowest BCUT2D eigenvalue weighted by molar-refractivity contribution is -0.120. The van der Waals surface area contributed by atoms with Crippen molar-refractivity contribution < 1.29 is 9.59 Å². The van der Waals surface area contributed by atoms with Gasteiger partial charge in [-0.1, -0.05) is 50.6 Å². The van der Waals surface area contributed by atoms with E-state index in [0.717, 1.165) is 17.8 Å². The smallest absolute Gasteiger partial charge is 0.253 e. The Morgan fingerprint density at radius 3 is 2.40 bits per heavy atom. The molecule has 0 radical (unpaired) electrons. The van der Waals surface area contributed by atoms with Gasteiger partial charge in [0, 0.05) is 17.9 Å². The zero-order valence-electron chi connectivity index (χ0n) is 15.4. The molecule has 134 valence electrons. The number of aryl methyl sites for hydroxylation is 1. The first-order valence-electron chi connectivity index (χ1n) is 8.66. The summed E-state index contributed by atoms with van der Waals surface area (Å²) in [5, 5.41) is 2.80. The van der Waals surface area contributed by atoms with Gasteiger partial charge in [0.25, 0.3) is 5.91 Å². The van der Waals surface area contributed by atoms with Crippen LogP contribution in [0.15, 0.2) is 36.4 Å². The van der Waals surface area contributed by atoms with Crippen molar-refractivity contribution in [1.82, 2.24) is 9.88 Å². The fraction of sp³-hybridized carbons (Fsp3) is 0.400. The topological polar surface area (TPSA) is 77.1 Å². The molecule has 5 nitrogen and oxygen atoms in total. The maximum atomic E-state index is 12.7. The van der Waals surface area contributed by atoms with E-state index in [0.29, 0.717) is 12.1 Å². The van der Waals surface area contributed by atoms with Crippen LogP contribution in [0.4, 0.5) is 0 Å². The van der Waals surface area contributed by atoms with Gasteiger partial charge >= 0.3 is 0 Å². The number of benzene rings is 1. The average Bonchev–Trinajstić information content (AvgIpc) is 2.87. The van der Waals surface area contributed by atoms with Crippen molar-refractivity contribution >= 4 is 11.8 Å². The molecule has 0 saturated heterocycles. The number of carbonyl (C=O) groups excluding carboxylic acids is 2. The second kappa shape index (κ2) is 8.01. The fourth-order valence-electron chi connectivity index (χ4n) is 2.99. The highest BCUT2D eigenvalue weighted by atomic mass is 16.2. The summed E-state index contributed by atoms with van der Waals surface area (Å²) in [4.78, 5) is 24.4. The molecule has 25 heavy (non-hydrogen) atoms. The number of amides is 2. The lowest BCUT2D eigenvalue weighted by Gasteiger charge is -2.21. The van der Waals surface area contributed by atoms with Crippen LogP contribution >= 0.6 is 0 Å². The van der Waals surface area contributed by atoms with E-state index in [4.69, 9.17) is 5.73 Å². The van der Waals surface area contributed by atoms with Crippen molar-refractivity contribution in [1.29, 1.82) is 0 Å². The Bertz CT molecular complexity index is 750. The van der Waals surface area contributed by atoms with Gasteiger partial charge in [0.15, 0.2) is 0 Å². The standard InChI is InChI=1S/C20H27N3O2/c1-5-13(2)18(19(21)24)22-20(25)17-11-14(3)23(15(17)4)12-16-9-7-6-8-10-16/h6-11,13,18H,5,12H2,1-4H3,(H2,21,24)(H,22,25). The molecule has 1 heterocycles. The normalized spacial score (nSPS) is 13.3. The van der Waals surface area contributed by atoms with E-state index in [-0.39, 0.29) is 11.8 Å². The minimum Gasteiger partial charge on any atom is -0.368 e. The molecule has 0 spiro atoms. The first-order valence-corrected chi connectivity index (χ1v) is 8.66. The van der Waals surface area contributed by atoms with E-state index in [1.54, 1.807) is 0 Å². The van der Waals surface area contributed by atoms with E-state index < -0.39 is 11.9 Å². The van der Waals surface area contributed by atoms with Crippen molar-refractivity contribution in [3.05, 3.63) is 58.9 Å². The Kier molecular flexibility index (Phi) is 6.02. The number of nitrogens with two attached hydrogens (primary N) is 1. The highest BCUT2D eigenvalue weighted by molar-refractivity contribution is 5.98. The van der Waals surface area contributed by atoms with E-state index >= 15 is 0 Å². The molecule has 0 aliphatic heterocycles. The summed E-state index contributed by atoms with van der Waals surface area (Å²) in [7, 11) is 0. The third-order valence-electron chi connectivity index (χ3n) is 4.81. The highest BCUT2D eigenvalue weighted by Gasteiger charge is 2.25. The molecule has 1 aromatic carbocycles. The largest absolute Gasteiger partial charge is 0.368 e. The summed E-state index contributed by atoms with van der Waals surface area (Å²) in [5.74, 6) is -0.758. The Morgan fingerprint density at radius 2 is 1.84 bits per heavy atom. The van der Waals surface area contributed by atoms with Crippen molar-refractivity contribution in [3.63, 3.8) is 0 Å². The van der Waals surface area contributed by atoms with Crippen LogP contribution in [0.25, 0.3) is 0 Å². The molecule has 3 N–H and O–H groups in total. The minimum atomic E-state index is -0.658. The average molecular weight is 341 g/mol. The molecule has 2 atom stereocenters. The van der Waals surface area contributed by atoms with Crippen LogP contribution in [0.5, 0.6) is 0 Å². The van der Waals surface area contributed by atoms with Crippen molar-refractivity contribution in [2.45, 2.75) is 46.7 Å². The second-order valence-corrected chi connectivity index (χ2v) is 6.60. The number of primary amides is 1. The molecular formula is C20H27N3O2. The molecule has 5 heteroatoms. The zero-order chi connectivity index (χ0) is 18.6. The highest BCUT2D eigenvalue weighted by Crippen LogP contribution is 2.18. The number of nitrogens with zero attached hydrogens (tertiary/aromatic N) is 1. The van der Waals surface area contributed by atoms with Crippen molar-refractivity contribution in [3.8, 4) is 0 Å². The summed E-state index contributed by atoms with van der Waals surface area (Å²) >= 11 is 0. The summed E-state index contributed by atoms with van der Waals surface area (Å²) in [6.45, 7) is 8.49. The summed E-state index contributed by atoms with van der Waals surface area (Å²) in [5.41, 5.74) is 9.10. The Morgan fingerprint density at radius 1 is 1.20 bits per heavy atom. The lowest BCUT2D eigenvalue weighted by Crippen LogP contribution is -2.48. The minimum absolute atomic E-state index is 0.00532. The molecule has 0 saturated carbocycles. The molecule has 2 unspecified atom stereocenters. The van der Waals surface area contributed by atoms with Gasteiger partial charge in [-0.25, -0.2) is 0 Å². The van der Waals surface area contributed by atoms with E-state index in [1.807, 2.05) is 52.0 Å². The molecular weight excluding hydrogens is 314 g/mol. The second-order valence-electron chi connectivity index (χ2n) is 6.60. The maximum absolute atomic E-state index is 12.7. The van der Waals surface area contributed by atoms with Gasteiger partial charge in [-0.05, 0) is 31.4 Å². The summed E-state index contributed by atoms with van der Waals surface area (Å²) in [6, 6.07) is 11.3. The first kappa shape index (κ1) is 18.8. The van der Waals surface area contributed by atoms with Gasteiger partial charge < -0.3 is 15.6 Å². The van der Waals surface area contributed by atoms with Gasteiger partial charge in [0.05, 0.1) is 5.56 Å². The number of hydrogen-bond donors (Lipinski definition) is 2. The number of hydrogen-bond acceptors (Lipinski definition) is 2. The quantitative estimate of drug-likeness (QED) is 0.812. The van der Waals surface area contributed by atoms with E-state index in [9.17, 15) is 9.59 Å². The van der Waals surface area contributed by atoms with Crippen LogP contribution in [-0.2, 0) is 11.3 Å². The van der Waals surface area contributed by atoms with Gasteiger partial charge in [-0.3, -0.25) is 9.59 Å². The van der Waals surface area contributed by atoms with Gasteiger partial charge in [-0.2, -0.15) is 0 Å². The third kappa shape index (κ3) is 4.29. The van der Waals surface area contributed by atoms with Crippen LogP contribution in [0.2, 0.25) is 0 Å². The third-order valence-corrected chi connectivity index (χ3v) is 4.81. The van der Waals surface area contributed by atoms with Gasteiger partial charge in [-0.15, -0.1) is 0 Å². The Hall–Kier alpha value is -2.56. The predicted octanol–water partition coefficient (Wildman–Crippen LogP) is 2.78. The van der Waals surface area contributed by atoms with Crippen LogP contribution in [0, 0.1) is 19.8 Å². The van der Waals surface area contributed by atoms with Crippen LogP contribution in [0.1, 0.15) is 47.6 Å². The molecule has 0 aliphatic carbocycles. The Labute approximate surface area is 149 Å². The monoisotopic (exact) mass is 341 g/mol. The number of nitrogens with one attached hydrogen (secondary N) is 1. The fourth-order valence-corrected chi connectivity index (χ4v) is 2.99. The molecule has 0 fully saturated rings. The number of carbonyl (C=O) groups is 2. The Balaban J connectivity index is 2.23. The van der Waals surface area contributed by atoms with Gasteiger partial charge in [0.2, 0.25) is 5.91 Å². The summed E-state index contributed by atoms with van der Waals surface area (Å²) < 4.78 is 2.10. The maximum Gasteiger partial charge on any atom is 0.253 e. The van der Waals surface area contributed by atoms with Gasteiger partial charge in [0.1, 0.15) is 6.04 Å². The lowest BCUT2D eigenvalue weighted by atomic mass is 9.98. The van der Waals surface area contributed by atoms with Crippen LogP contribution < -0.4 is 11.1 Å². The van der Waals surface area contributed by atoms with E-state index in [2.05, 4.69) is 22.0 Å². The number of aromatic nitrogens is 1. The molecule has 0 aliphatic rings. The van der Waals surface area contributed by atoms with E-state index in [1.165, 1.54) is 5.56 Å². The summed E-state index contributed by atoms with van der Waals surface area (Å²) in [6.07, 6.45) is 0.765. The molecule has 2 rings (SSSR count). The molecule has 0 bridgehead atoms. The molecule has 1 aromatic heterocycles. The van der Waals surface area contributed by atoms with Crippen molar-refractivity contribution in [2.75, 3.05) is 0 Å². The SMILES string of the molecule is CCC(C)C(NC(=O)c1cc(C)n(Cc2ccccc2)c1C)C(N)=O. The van der Waals surface area contributed by atoms with Crippen molar-refractivity contribution in [2.24, 2.45) is 11.7 Å². The molecule has 2 amide bonds. The number of rotatable bonds is 7. The zero-order valence-corrected chi connectivity index (χ0v) is 15.4. The van der Waals surface area contributed by atoms with Crippen LogP contribution in [-0.4, -0.2) is 22.4 Å². The predicted molar refractivity (Wildman–Crippen MR) is 99.4 cm³/mol.